The minimum atomic E-state index is -0.396. The second-order valence-electron chi connectivity index (χ2n) is 4.66. The van der Waals surface area contributed by atoms with Crippen molar-refractivity contribution in [3.05, 3.63) is 64.3 Å². The molecule has 0 saturated heterocycles. The van der Waals surface area contributed by atoms with Crippen molar-refractivity contribution >= 4 is 11.0 Å². The summed E-state index contributed by atoms with van der Waals surface area (Å²) >= 11 is 0. The van der Waals surface area contributed by atoms with E-state index < -0.39 is 5.43 Å². The van der Waals surface area contributed by atoms with Crippen molar-refractivity contribution in [2.75, 3.05) is 0 Å². The molecule has 0 saturated carbocycles. The lowest BCUT2D eigenvalue weighted by atomic mass is 10.1. The molecule has 3 aromatic rings. The van der Waals surface area contributed by atoms with E-state index in [-0.39, 0.29) is 11.5 Å². The molecular weight excluding hydrogens is 276 g/mol. The van der Waals surface area contributed by atoms with Gasteiger partial charge in [-0.25, -0.2) is 0 Å². The molecule has 0 radical (unpaired) electrons. The fraction of sp³-hybridized carbons (Fsp3) is 0.211. The van der Waals surface area contributed by atoms with Crippen LogP contribution in [0.15, 0.2) is 57.7 Å². The Bertz CT molecular complexity index is 817. The summed E-state index contributed by atoms with van der Waals surface area (Å²) < 4.78 is 5.75. The molecule has 0 aliphatic rings. The second kappa shape index (κ2) is 6.94. The first-order valence-corrected chi connectivity index (χ1v) is 7.55. The van der Waals surface area contributed by atoms with Crippen molar-refractivity contribution in [2.24, 2.45) is 0 Å². The number of aromatic hydroxyl groups is 1. The Morgan fingerprint density at radius 3 is 2.36 bits per heavy atom. The molecule has 3 rings (SSSR count). The van der Waals surface area contributed by atoms with Crippen molar-refractivity contribution in [3.63, 3.8) is 0 Å². The van der Waals surface area contributed by atoms with Gasteiger partial charge in [0, 0.05) is 5.56 Å². The van der Waals surface area contributed by atoms with E-state index in [1.807, 2.05) is 51.1 Å². The van der Waals surface area contributed by atoms with E-state index >= 15 is 0 Å². The molecule has 1 heterocycles. The SMILES string of the molecule is CC.CCc1ccc2c(=O)c(O)c(-c3ccccc3)oc2c1. The van der Waals surface area contributed by atoms with Gasteiger partial charge in [0.2, 0.25) is 11.2 Å². The Labute approximate surface area is 129 Å². The molecule has 22 heavy (non-hydrogen) atoms. The molecule has 1 N–H and O–H groups in total. The summed E-state index contributed by atoms with van der Waals surface area (Å²) in [4.78, 5) is 12.2. The van der Waals surface area contributed by atoms with Crippen LogP contribution in [0, 0.1) is 0 Å². The third-order valence-electron chi connectivity index (χ3n) is 3.38. The average molecular weight is 296 g/mol. The van der Waals surface area contributed by atoms with E-state index in [9.17, 15) is 9.90 Å². The zero-order valence-electron chi connectivity index (χ0n) is 13.1. The second-order valence-corrected chi connectivity index (χ2v) is 4.66. The molecule has 0 amide bonds. The third-order valence-corrected chi connectivity index (χ3v) is 3.38. The van der Waals surface area contributed by atoms with Gasteiger partial charge < -0.3 is 9.52 Å². The average Bonchev–Trinajstić information content (AvgIpc) is 2.60. The molecule has 0 unspecified atom stereocenters. The molecule has 3 nitrogen and oxygen atoms in total. The fourth-order valence-electron chi connectivity index (χ4n) is 2.23. The highest BCUT2D eigenvalue weighted by Crippen LogP contribution is 2.29. The summed E-state index contributed by atoms with van der Waals surface area (Å²) in [6.07, 6.45) is 0.862. The van der Waals surface area contributed by atoms with Gasteiger partial charge in [-0.05, 0) is 24.1 Å². The van der Waals surface area contributed by atoms with Crippen molar-refractivity contribution in [1.29, 1.82) is 0 Å². The highest BCUT2D eigenvalue weighted by Gasteiger charge is 2.15. The van der Waals surface area contributed by atoms with E-state index in [1.54, 1.807) is 18.2 Å². The molecule has 1 aromatic heterocycles. The molecule has 114 valence electrons. The zero-order valence-corrected chi connectivity index (χ0v) is 13.1. The largest absolute Gasteiger partial charge is 0.502 e. The molecule has 0 aliphatic heterocycles. The van der Waals surface area contributed by atoms with Gasteiger partial charge in [-0.15, -0.1) is 0 Å². The standard InChI is InChI=1S/C17H14O3.C2H6/c1-2-11-8-9-13-14(10-11)20-17(16(19)15(13)18)12-6-4-3-5-7-12;1-2/h3-10,19H,2H2,1H3;1-2H3. The minimum Gasteiger partial charge on any atom is -0.502 e. The lowest BCUT2D eigenvalue weighted by molar-refractivity contribution is 0.449. The van der Waals surface area contributed by atoms with E-state index in [1.165, 1.54) is 0 Å². The van der Waals surface area contributed by atoms with Crippen molar-refractivity contribution < 1.29 is 9.52 Å². The van der Waals surface area contributed by atoms with Crippen LogP contribution in [-0.2, 0) is 6.42 Å². The van der Waals surface area contributed by atoms with Crippen molar-refractivity contribution in [2.45, 2.75) is 27.2 Å². The van der Waals surface area contributed by atoms with Crippen LogP contribution in [0.4, 0.5) is 0 Å². The van der Waals surface area contributed by atoms with E-state index in [4.69, 9.17) is 4.42 Å². The Hall–Kier alpha value is -2.55. The van der Waals surface area contributed by atoms with Gasteiger partial charge in [-0.3, -0.25) is 4.79 Å². The predicted octanol–water partition coefficient (Wildman–Crippen LogP) is 4.75. The number of hydrogen-bond acceptors (Lipinski definition) is 3. The number of hydrogen-bond donors (Lipinski definition) is 1. The highest BCUT2D eigenvalue weighted by molar-refractivity contribution is 5.82. The van der Waals surface area contributed by atoms with Crippen LogP contribution in [0.25, 0.3) is 22.3 Å². The van der Waals surface area contributed by atoms with Crippen LogP contribution in [0.5, 0.6) is 5.75 Å². The number of benzene rings is 2. The molecule has 3 heteroatoms. The van der Waals surface area contributed by atoms with Crippen LogP contribution >= 0.6 is 0 Å². The maximum atomic E-state index is 12.2. The number of rotatable bonds is 2. The van der Waals surface area contributed by atoms with E-state index in [0.29, 0.717) is 16.5 Å². The van der Waals surface area contributed by atoms with Gasteiger partial charge in [0.05, 0.1) is 5.39 Å². The van der Waals surface area contributed by atoms with E-state index in [2.05, 4.69) is 0 Å². The minimum absolute atomic E-state index is 0.219. The van der Waals surface area contributed by atoms with E-state index in [0.717, 1.165) is 12.0 Å². The predicted molar refractivity (Wildman–Crippen MR) is 90.3 cm³/mol. The van der Waals surface area contributed by atoms with Crippen LogP contribution in [-0.4, -0.2) is 5.11 Å². The summed E-state index contributed by atoms with van der Waals surface area (Å²) in [5, 5.41) is 10.5. The maximum Gasteiger partial charge on any atom is 0.235 e. The van der Waals surface area contributed by atoms with Crippen LogP contribution in [0.1, 0.15) is 26.3 Å². The summed E-state index contributed by atoms with van der Waals surface area (Å²) in [6.45, 7) is 6.04. The molecular formula is C19H20O3. The van der Waals surface area contributed by atoms with Gasteiger partial charge in [0.15, 0.2) is 5.76 Å². The van der Waals surface area contributed by atoms with Crippen molar-refractivity contribution in [3.8, 4) is 17.1 Å². The first-order valence-electron chi connectivity index (χ1n) is 7.55. The first-order chi connectivity index (χ1) is 10.7. The monoisotopic (exact) mass is 296 g/mol. The quantitative estimate of drug-likeness (QED) is 0.742. The maximum absolute atomic E-state index is 12.2. The van der Waals surface area contributed by atoms with Gasteiger partial charge >= 0.3 is 0 Å². The topological polar surface area (TPSA) is 50.4 Å². The van der Waals surface area contributed by atoms with Gasteiger partial charge in [-0.2, -0.15) is 0 Å². The smallest absolute Gasteiger partial charge is 0.235 e. The molecule has 0 bridgehead atoms. The first kappa shape index (κ1) is 15.8. The molecule has 2 aromatic carbocycles. The lowest BCUT2D eigenvalue weighted by Crippen LogP contribution is -2.02. The van der Waals surface area contributed by atoms with Crippen LogP contribution in [0.3, 0.4) is 0 Å². The summed E-state index contributed by atoms with van der Waals surface area (Å²) in [6, 6.07) is 14.6. The summed E-state index contributed by atoms with van der Waals surface area (Å²) in [5.74, 6) is -0.121. The molecule has 0 fully saturated rings. The fourth-order valence-corrected chi connectivity index (χ4v) is 2.23. The zero-order chi connectivity index (χ0) is 16.1. The number of fused-ring (bicyclic) bond motifs is 1. The van der Waals surface area contributed by atoms with Crippen molar-refractivity contribution in [1.82, 2.24) is 0 Å². The van der Waals surface area contributed by atoms with Gasteiger partial charge in [0.25, 0.3) is 0 Å². The summed E-state index contributed by atoms with van der Waals surface area (Å²) in [5.41, 5.74) is 1.88. The van der Waals surface area contributed by atoms with Crippen LogP contribution < -0.4 is 5.43 Å². The van der Waals surface area contributed by atoms with Gasteiger partial charge in [-0.1, -0.05) is 57.2 Å². The Morgan fingerprint density at radius 2 is 1.73 bits per heavy atom. The van der Waals surface area contributed by atoms with Crippen LogP contribution in [0.2, 0.25) is 0 Å². The highest BCUT2D eigenvalue weighted by atomic mass is 16.4. The number of aryl methyl sites for hydroxylation is 1. The Balaban J connectivity index is 0.000000847. The lowest BCUT2D eigenvalue weighted by Gasteiger charge is -2.06. The third kappa shape index (κ3) is 2.89. The molecule has 0 spiro atoms. The van der Waals surface area contributed by atoms with Gasteiger partial charge in [0.1, 0.15) is 5.58 Å². The molecule has 0 aliphatic carbocycles. The normalized spacial score (nSPS) is 10.1. The molecule has 0 atom stereocenters. The Morgan fingerprint density at radius 1 is 1.05 bits per heavy atom. The summed E-state index contributed by atoms with van der Waals surface area (Å²) in [7, 11) is 0. The Kier molecular flexibility index (Phi) is 4.99.